The van der Waals surface area contributed by atoms with Crippen molar-refractivity contribution in [2.24, 2.45) is 0 Å². The second-order valence-electron chi connectivity index (χ2n) is 5.30. The Morgan fingerprint density at radius 2 is 2.10 bits per heavy atom. The molecule has 2 aromatic carbocycles. The highest BCUT2D eigenvalue weighted by Crippen LogP contribution is 2.26. The zero-order valence-corrected chi connectivity index (χ0v) is 13.5. The average molecular weight is 345 g/mol. The number of amides is 1. The van der Waals surface area contributed by atoms with Crippen LogP contribution >= 0.6 is 15.9 Å². The van der Waals surface area contributed by atoms with Crippen LogP contribution in [0, 0.1) is 6.92 Å². The molecule has 0 fully saturated rings. The van der Waals surface area contributed by atoms with Crippen molar-refractivity contribution in [3.63, 3.8) is 0 Å². The number of halogens is 1. The second-order valence-corrected chi connectivity index (χ2v) is 6.09. The highest BCUT2D eigenvalue weighted by molar-refractivity contribution is 9.10. The van der Waals surface area contributed by atoms with Crippen LogP contribution < -0.4 is 10.6 Å². The summed E-state index contributed by atoms with van der Waals surface area (Å²) in [6, 6.07) is 11.8. The molecule has 0 spiro atoms. The van der Waals surface area contributed by atoms with E-state index in [1.54, 1.807) is 0 Å². The molecule has 108 valence electrons. The van der Waals surface area contributed by atoms with Crippen LogP contribution in [-0.2, 0) is 13.0 Å². The molecular formula is C17H17BrN2O. The van der Waals surface area contributed by atoms with Crippen molar-refractivity contribution < 1.29 is 4.79 Å². The molecule has 0 saturated carbocycles. The highest BCUT2D eigenvalue weighted by atomic mass is 79.9. The maximum absolute atomic E-state index is 12.4. The van der Waals surface area contributed by atoms with E-state index in [-0.39, 0.29) is 5.91 Å². The van der Waals surface area contributed by atoms with Crippen LogP contribution in [0.3, 0.4) is 0 Å². The first-order valence-corrected chi connectivity index (χ1v) is 7.83. The van der Waals surface area contributed by atoms with Gasteiger partial charge in [0.25, 0.3) is 5.91 Å². The third-order valence-corrected chi connectivity index (χ3v) is 4.85. The fourth-order valence-electron chi connectivity index (χ4n) is 2.56. The molecule has 2 aromatic rings. The number of carbonyl (C=O) groups is 1. The number of aryl methyl sites for hydroxylation is 1. The first-order chi connectivity index (χ1) is 10.1. The normalized spacial score (nSPS) is 13.6. The Kier molecular flexibility index (Phi) is 4.08. The highest BCUT2D eigenvalue weighted by Gasteiger charge is 2.13. The minimum Gasteiger partial charge on any atom is -0.321 e. The topological polar surface area (TPSA) is 41.1 Å². The SMILES string of the molecule is Cc1cccc(NC(=O)c2ccc3c(c2)CNCC3)c1Br. The van der Waals surface area contributed by atoms with Gasteiger partial charge in [-0.05, 0) is 70.7 Å². The zero-order valence-electron chi connectivity index (χ0n) is 11.9. The number of rotatable bonds is 2. The summed E-state index contributed by atoms with van der Waals surface area (Å²) in [5, 5.41) is 6.30. The molecule has 1 aliphatic heterocycles. The van der Waals surface area contributed by atoms with E-state index in [1.165, 1.54) is 11.1 Å². The minimum absolute atomic E-state index is 0.0744. The molecule has 1 heterocycles. The van der Waals surface area contributed by atoms with Crippen molar-refractivity contribution in [3.05, 3.63) is 63.1 Å². The van der Waals surface area contributed by atoms with E-state index in [0.29, 0.717) is 5.56 Å². The minimum atomic E-state index is -0.0744. The van der Waals surface area contributed by atoms with E-state index < -0.39 is 0 Å². The van der Waals surface area contributed by atoms with Gasteiger partial charge in [0.2, 0.25) is 0 Å². The number of nitrogens with one attached hydrogen (secondary N) is 2. The van der Waals surface area contributed by atoms with Gasteiger partial charge in [0.1, 0.15) is 0 Å². The van der Waals surface area contributed by atoms with Gasteiger partial charge in [-0.2, -0.15) is 0 Å². The molecule has 0 bridgehead atoms. The van der Waals surface area contributed by atoms with Crippen LogP contribution in [0.4, 0.5) is 5.69 Å². The third kappa shape index (κ3) is 3.01. The summed E-state index contributed by atoms with van der Waals surface area (Å²) in [6.45, 7) is 3.85. The molecular weight excluding hydrogens is 328 g/mol. The molecule has 0 radical (unpaired) electrons. The molecule has 0 unspecified atom stereocenters. The summed E-state index contributed by atoms with van der Waals surface area (Å²) in [4.78, 5) is 12.4. The molecule has 1 aliphatic rings. The molecule has 0 aliphatic carbocycles. The quantitative estimate of drug-likeness (QED) is 0.872. The number of hydrogen-bond acceptors (Lipinski definition) is 2. The molecule has 3 nitrogen and oxygen atoms in total. The van der Waals surface area contributed by atoms with E-state index in [0.717, 1.165) is 35.2 Å². The standard InChI is InChI=1S/C17H17BrN2O/c1-11-3-2-4-15(16(11)18)20-17(21)13-6-5-12-7-8-19-10-14(12)9-13/h2-6,9,19H,7-8,10H2,1H3,(H,20,21). The van der Waals surface area contributed by atoms with Crippen LogP contribution in [0.5, 0.6) is 0 Å². The van der Waals surface area contributed by atoms with E-state index in [4.69, 9.17) is 0 Å². The van der Waals surface area contributed by atoms with Crippen LogP contribution in [0.2, 0.25) is 0 Å². The summed E-state index contributed by atoms with van der Waals surface area (Å²) >= 11 is 3.52. The maximum Gasteiger partial charge on any atom is 0.255 e. The fourth-order valence-corrected chi connectivity index (χ4v) is 2.92. The van der Waals surface area contributed by atoms with E-state index in [9.17, 15) is 4.79 Å². The van der Waals surface area contributed by atoms with Gasteiger partial charge in [0, 0.05) is 16.6 Å². The van der Waals surface area contributed by atoms with Crippen LogP contribution in [0.1, 0.15) is 27.0 Å². The molecule has 0 aromatic heterocycles. The van der Waals surface area contributed by atoms with Crippen molar-refractivity contribution >= 4 is 27.5 Å². The number of anilines is 1. The lowest BCUT2D eigenvalue weighted by Crippen LogP contribution is -2.24. The molecule has 3 rings (SSSR count). The molecule has 21 heavy (non-hydrogen) atoms. The molecule has 2 N–H and O–H groups in total. The Morgan fingerprint density at radius 1 is 1.24 bits per heavy atom. The van der Waals surface area contributed by atoms with E-state index in [2.05, 4.69) is 32.6 Å². The molecule has 4 heteroatoms. The van der Waals surface area contributed by atoms with Gasteiger partial charge < -0.3 is 10.6 Å². The number of benzene rings is 2. The molecule has 0 atom stereocenters. The van der Waals surface area contributed by atoms with Gasteiger partial charge >= 0.3 is 0 Å². The van der Waals surface area contributed by atoms with Gasteiger partial charge in [-0.3, -0.25) is 4.79 Å². The summed E-state index contributed by atoms with van der Waals surface area (Å²) in [6.07, 6.45) is 1.03. The monoisotopic (exact) mass is 344 g/mol. The predicted molar refractivity (Wildman–Crippen MR) is 88.7 cm³/mol. The molecule has 0 saturated heterocycles. The first kappa shape index (κ1) is 14.3. The van der Waals surface area contributed by atoms with Crippen molar-refractivity contribution in [2.75, 3.05) is 11.9 Å². The van der Waals surface area contributed by atoms with Crippen molar-refractivity contribution in [3.8, 4) is 0 Å². The lowest BCUT2D eigenvalue weighted by Gasteiger charge is -2.18. The van der Waals surface area contributed by atoms with Crippen LogP contribution in [0.15, 0.2) is 40.9 Å². The smallest absolute Gasteiger partial charge is 0.255 e. The summed E-state index contributed by atoms with van der Waals surface area (Å²) in [7, 11) is 0. The van der Waals surface area contributed by atoms with Gasteiger partial charge in [-0.1, -0.05) is 18.2 Å². The van der Waals surface area contributed by atoms with Crippen molar-refractivity contribution in [2.45, 2.75) is 19.9 Å². The first-order valence-electron chi connectivity index (χ1n) is 7.04. The predicted octanol–water partition coefficient (Wildman–Crippen LogP) is 3.66. The summed E-state index contributed by atoms with van der Waals surface area (Å²) < 4.78 is 0.929. The Labute approximate surface area is 132 Å². The van der Waals surface area contributed by atoms with Crippen molar-refractivity contribution in [1.29, 1.82) is 0 Å². The Hall–Kier alpha value is -1.65. The maximum atomic E-state index is 12.4. The summed E-state index contributed by atoms with van der Waals surface area (Å²) in [5.74, 6) is -0.0744. The zero-order chi connectivity index (χ0) is 14.8. The van der Waals surface area contributed by atoms with E-state index in [1.807, 2.05) is 37.3 Å². The molecule has 1 amide bonds. The lowest BCUT2D eigenvalue weighted by atomic mass is 9.98. The summed E-state index contributed by atoms with van der Waals surface area (Å²) in [5.41, 5.74) is 5.16. The number of carbonyl (C=O) groups excluding carboxylic acids is 1. The number of hydrogen-bond donors (Lipinski definition) is 2. The van der Waals surface area contributed by atoms with Gasteiger partial charge in [-0.25, -0.2) is 0 Å². The largest absolute Gasteiger partial charge is 0.321 e. The van der Waals surface area contributed by atoms with E-state index >= 15 is 0 Å². The number of fused-ring (bicyclic) bond motifs is 1. The Morgan fingerprint density at radius 3 is 2.95 bits per heavy atom. The van der Waals surface area contributed by atoms with Gasteiger partial charge in [-0.15, -0.1) is 0 Å². The van der Waals surface area contributed by atoms with Crippen LogP contribution in [0.25, 0.3) is 0 Å². The van der Waals surface area contributed by atoms with Gasteiger partial charge in [0.15, 0.2) is 0 Å². The van der Waals surface area contributed by atoms with Crippen LogP contribution in [-0.4, -0.2) is 12.5 Å². The van der Waals surface area contributed by atoms with Crippen molar-refractivity contribution in [1.82, 2.24) is 5.32 Å². The Balaban J connectivity index is 1.84. The lowest BCUT2D eigenvalue weighted by molar-refractivity contribution is 0.102. The van der Waals surface area contributed by atoms with Gasteiger partial charge in [0.05, 0.1) is 5.69 Å². The third-order valence-electron chi connectivity index (χ3n) is 3.80. The Bertz CT molecular complexity index is 697. The fraction of sp³-hybridized carbons (Fsp3) is 0.235. The second kappa shape index (κ2) is 6.00. The average Bonchev–Trinajstić information content (AvgIpc) is 2.51.